The van der Waals surface area contributed by atoms with Gasteiger partial charge in [-0.2, -0.15) is 0 Å². The molecule has 3 rings (SSSR count). The number of anilines is 1. The third-order valence-corrected chi connectivity index (χ3v) is 6.27. The van der Waals surface area contributed by atoms with Crippen LogP contribution in [0.1, 0.15) is 18.9 Å². The van der Waals surface area contributed by atoms with E-state index in [-0.39, 0.29) is 16.5 Å². The number of para-hydroxylation sites is 1. The summed E-state index contributed by atoms with van der Waals surface area (Å²) in [6.07, 6.45) is 0.327. The maximum atomic E-state index is 12.9. The number of halogens is 1. The van der Waals surface area contributed by atoms with Crippen molar-refractivity contribution < 1.29 is 13.5 Å². The molecule has 0 spiro atoms. The molecular formula is C16H16ClNO3S. The second-order valence-electron chi connectivity index (χ2n) is 5.55. The molecule has 2 aromatic rings. The Balaban J connectivity index is 2.16. The number of hydrogen-bond acceptors (Lipinski definition) is 3. The van der Waals surface area contributed by atoms with Gasteiger partial charge in [0, 0.05) is 12.1 Å². The highest BCUT2D eigenvalue weighted by Crippen LogP contribution is 2.40. The predicted molar refractivity (Wildman–Crippen MR) is 86.6 cm³/mol. The van der Waals surface area contributed by atoms with E-state index in [0.29, 0.717) is 17.7 Å². The highest BCUT2D eigenvalue weighted by molar-refractivity contribution is 7.93. The normalized spacial score (nSPS) is 21.5. The van der Waals surface area contributed by atoms with Gasteiger partial charge >= 0.3 is 0 Å². The van der Waals surface area contributed by atoms with Crippen molar-refractivity contribution in [3.63, 3.8) is 0 Å². The van der Waals surface area contributed by atoms with Gasteiger partial charge < -0.3 is 5.11 Å². The quantitative estimate of drug-likeness (QED) is 0.915. The molecule has 1 unspecified atom stereocenters. The summed E-state index contributed by atoms with van der Waals surface area (Å²) in [7, 11) is -3.77. The number of rotatable bonds is 2. The Morgan fingerprint density at radius 3 is 2.50 bits per heavy atom. The van der Waals surface area contributed by atoms with E-state index >= 15 is 0 Å². The lowest BCUT2D eigenvalue weighted by Crippen LogP contribution is -2.42. The van der Waals surface area contributed by atoms with Crippen molar-refractivity contribution in [3.8, 4) is 0 Å². The second kappa shape index (κ2) is 5.26. The van der Waals surface area contributed by atoms with Crippen LogP contribution in [0, 0.1) is 0 Å². The lowest BCUT2D eigenvalue weighted by atomic mass is 9.88. The Morgan fingerprint density at radius 1 is 1.14 bits per heavy atom. The first-order valence-corrected chi connectivity index (χ1v) is 8.75. The first kappa shape index (κ1) is 15.3. The Bertz CT molecular complexity index is 818. The van der Waals surface area contributed by atoms with Crippen molar-refractivity contribution in [2.75, 3.05) is 10.8 Å². The molecule has 0 radical (unpaired) electrons. The molecule has 0 bridgehead atoms. The van der Waals surface area contributed by atoms with Crippen LogP contribution >= 0.6 is 11.6 Å². The molecule has 0 saturated carbocycles. The zero-order chi connectivity index (χ0) is 16.0. The van der Waals surface area contributed by atoms with Gasteiger partial charge in [0.15, 0.2) is 0 Å². The summed E-state index contributed by atoms with van der Waals surface area (Å²) in [5.74, 6) is 0. The van der Waals surface area contributed by atoms with Gasteiger partial charge in [-0.3, -0.25) is 4.31 Å². The van der Waals surface area contributed by atoms with E-state index in [0.717, 1.165) is 0 Å². The van der Waals surface area contributed by atoms with Crippen LogP contribution in [-0.4, -0.2) is 20.1 Å². The zero-order valence-corrected chi connectivity index (χ0v) is 13.6. The molecule has 22 heavy (non-hydrogen) atoms. The summed E-state index contributed by atoms with van der Waals surface area (Å²) in [4.78, 5) is 0.0769. The monoisotopic (exact) mass is 337 g/mol. The summed E-state index contributed by atoms with van der Waals surface area (Å²) in [6.45, 7) is 1.91. The van der Waals surface area contributed by atoms with Crippen molar-refractivity contribution in [1.82, 2.24) is 0 Å². The average molecular weight is 338 g/mol. The number of aliphatic hydroxyl groups is 1. The molecule has 1 N–H and O–H groups in total. The van der Waals surface area contributed by atoms with Gasteiger partial charge in [-0.15, -0.1) is 0 Å². The number of nitrogens with zero attached hydrogens (tertiary/aromatic N) is 1. The van der Waals surface area contributed by atoms with Crippen molar-refractivity contribution in [3.05, 3.63) is 59.1 Å². The van der Waals surface area contributed by atoms with Crippen molar-refractivity contribution in [1.29, 1.82) is 0 Å². The van der Waals surface area contributed by atoms with E-state index < -0.39 is 15.6 Å². The SMILES string of the molecule is CC1(O)CCN(S(=O)(=O)c2ccccc2Cl)c2ccccc21. The fourth-order valence-electron chi connectivity index (χ4n) is 2.74. The van der Waals surface area contributed by atoms with Crippen LogP contribution in [0.4, 0.5) is 5.69 Å². The topological polar surface area (TPSA) is 57.6 Å². The molecule has 1 aliphatic heterocycles. The molecule has 1 heterocycles. The molecule has 1 atom stereocenters. The van der Waals surface area contributed by atoms with Gasteiger partial charge in [0.25, 0.3) is 10.0 Å². The Hall–Kier alpha value is -1.56. The summed E-state index contributed by atoms with van der Waals surface area (Å²) in [5.41, 5.74) is 0.0684. The molecule has 0 fully saturated rings. The molecule has 116 valence electrons. The third-order valence-electron chi connectivity index (χ3n) is 3.96. The minimum Gasteiger partial charge on any atom is -0.385 e. The van der Waals surface area contributed by atoms with Crippen LogP contribution in [-0.2, 0) is 15.6 Å². The molecule has 2 aromatic carbocycles. The lowest BCUT2D eigenvalue weighted by Gasteiger charge is -2.38. The fraction of sp³-hybridized carbons (Fsp3) is 0.250. The third kappa shape index (κ3) is 2.39. The van der Waals surface area contributed by atoms with Gasteiger partial charge in [0.1, 0.15) is 4.90 Å². The first-order chi connectivity index (χ1) is 10.3. The van der Waals surface area contributed by atoms with Crippen LogP contribution in [0.2, 0.25) is 5.02 Å². The van der Waals surface area contributed by atoms with Gasteiger partial charge in [-0.25, -0.2) is 8.42 Å². The standard InChI is InChI=1S/C16H16ClNO3S/c1-16(19)10-11-18(14-8-4-2-6-12(14)16)22(20,21)15-9-5-3-7-13(15)17/h2-9,19H,10-11H2,1H3. The minimum atomic E-state index is -3.77. The number of sulfonamides is 1. The number of benzene rings is 2. The second-order valence-corrected chi connectivity index (χ2v) is 7.79. The van der Waals surface area contributed by atoms with Gasteiger partial charge in [0.2, 0.25) is 0 Å². The van der Waals surface area contributed by atoms with E-state index in [1.54, 1.807) is 49.4 Å². The van der Waals surface area contributed by atoms with E-state index in [9.17, 15) is 13.5 Å². The zero-order valence-electron chi connectivity index (χ0n) is 12.0. The van der Waals surface area contributed by atoms with Gasteiger partial charge in [-0.05, 0) is 31.5 Å². The van der Waals surface area contributed by atoms with E-state index in [1.165, 1.54) is 10.4 Å². The molecule has 0 aliphatic carbocycles. The van der Waals surface area contributed by atoms with Crippen LogP contribution in [0.15, 0.2) is 53.4 Å². The van der Waals surface area contributed by atoms with Crippen LogP contribution in [0.3, 0.4) is 0 Å². The minimum absolute atomic E-state index is 0.0769. The van der Waals surface area contributed by atoms with Crippen LogP contribution in [0.25, 0.3) is 0 Å². The summed E-state index contributed by atoms with van der Waals surface area (Å²) in [6, 6.07) is 13.4. The first-order valence-electron chi connectivity index (χ1n) is 6.93. The van der Waals surface area contributed by atoms with Crippen LogP contribution < -0.4 is 4.31 Å². The molecule has 1 aliphatic rings. The van der Waals surface area contributed by atoms with E-state index in [2.05, 4.69) is 0 Å². The molecular weight excluding hydrogens is 322 g/mol. The van der Waals surface area contributed by atoms with Gasteiger partial charge in [0.05, 0.1) is 16.3 Å². The van der Waals surface area contributed by atoms with Crippen molar-refractivity contribution in [2.24, 2.45) is 0 Å². The summed E-state index contributed by atoms with van der Waals surface area (Å²) in [5, 5.41) is 10.7. The fourth-order valence-corrected chi connectivity index (χ4v) is 4.72. The Labute approximate surface area is 135 Å². The van der Waals surface area contributed by atoms with Crippen molar-refractivity contribution >= 4 is 27.3 Å². The maximum Gasteiger partial charge on any atom is 0.265 e. The van der Waals surface area contributed by atoms with Crippen LogP contribution in [0.5, 0.6) is 0 Å². The van der Waals surface area contributed by atoms with Crippen molar-refractivity contribution in [2.45, 2.75) is 23.8 Å². The number of fused-ring (bicyclic) bond motifs is 1. The molecule has 0 aromatic heterocycles. The van der Waals surface area contributed by atoms with Gasteiger partial charge in [-0.1, -0.05) is 41.9 Å². The molecule has 0 amide bonds. The summed E-state index contributed by atoms with van der Waals surface area (Å²) >= 11 is 6.06. The summed E-state index contributed by atoms with van der Waals surface area (Å²) < 4.78 is 27.2. The molecule has 4 nitrogen and oxygen atoms in total. The number of hydrogen-bond donors (Lipinski definition) is 1. The average Bonchev–Trinajstić information content (AvgIpc) is 2.47. The maximum absolute atomic E-state index is 12.9. The largest absolute Gasteiger partial charge is 0.385 e. The molecule has 0 saturated heterocycles. The highest BCUT2D eigenvalue weighted by Gasteiger charge is 2.38. The molecule has 6 heteroatoms. The highest BCUT2D eigenvalue weighted by atomic mass is 35.5. The predicted octanol–water partition coefficient (Wildman–Crippen LogP) is 3.15. The lowest BCUT2D eigenvalue weighted by molar-refractivity contribution is 0.0472. The van der Waals surface area contributed by atoms with E-state index in [4.69, 9.17) is 11.6 Å². The van der Waals surface area contributed by atoms with E-state index in [1.807, 2.05) is 0 Å². The smallest absolute Gasteiger partial charge is 0.265 e. The Kier molecular flexibility index (Phi) is 3.67. The Morgan fingerprint density at radius 2 is 1.77 bits per heavy atom.